The molecule has 144 valence electrons. The summed E-state index contributed by atoms with van der Waals surface area (Å²) < 4.78 is 1.66. The van der Waals surface area contributed by atoms with Gasteiger partial charge in [-0.2, -0.15) is 0 Å². The average Bonchev–Trinajstić information content (AvgIpc) is 3.43. The summed E-state index contributed by atoms with van der Waals surface area (Å²) in [5, 5.41) is 10.7. The molecular formula is C22H19N5OS. The van der Waals surface area contributed by atoms with Crippen LogP contribution >= 0.6 is 11.3 Å². The zero-order chi connectivity index (χ0) is 20.1. The second-order valence-electron chi connectivity index (χ2n) is 6.37. The Labute approximate surface area is 172 Å². The summed E-state index contributed by atoms with van der Waals surface area (Å²) in [6.07, 6.45) is 3.34. The average molecular weight is 401 g/mol. The standard InChI is InChI=1S/C22H19N5OS/c1-2-13-27(22-23-20(16-29-22)18-11-7-4-8-12-18)21(28)19-15-26(25-24-19)14-17-9-5-3-6-10-17/h2-12,15-16H,1,13-14H2. The van der Waals surface area contributed by atoms with E-state index in [-0.39, 0.29) is 11.6 Å². The molecule has 0 aliphatic heterocycles. The van der Waals surface area contributed by atoms with Crippen LogP contribution in [-0.2, 0) is 6.54 Å². The summed E-state index contributed by atoms with van der Waals surface area (Å²) >= 11 is 1.42. The molecule has 29 heavy (non-hydrogen) atoms. The number of amides is 1. The smallest absolute Gasteiger partial charge is 0.279 e. The summed E-state index contributed by atoms with van der Waals surface area (Å²) in [5.74, 6) is -0.252. The molecule has 6 nitrogen and oxygen atoms in total. The second-order valence-corrected chi connectivity index (χ2v) is 7.21. The van der Waals surface area contributed by atoms with Crippen LogP contribution in [0.15, 0.2) is 84.9 Å². The molecule has 0 bridgehead atoms. The minimum Gasteiger partial charge on any atom is -0.279 e. The Kier molecular flexibility index (Phi) is 5.58. The number of carbonyl (C=O) groups is 1. The molecular weight excluding hydrogens is 382 g/mol. The molecule has 0 aliphatic rings. The summed E-state index contributed by atoms with van der Waals surface area (Å²) in [6, 6.07) is 19.8. The molecule has 4 aromatic rings. The van der Waals surface area contributed by atoms with Gasteiger partial charge < -0.3 is 0 Å². The number of benzene rings is 2. The van der Waals surface area contributed by atoms with E-state index in [1.54, 1.807) is 21.9 Å². The van der Waals surface area contributed by atoms with Crippen molar-refractivity contribution in [2.45, 2.75) is 6.54 Å². The fourth-order valence-electron chi connectivity index (χ4n) is 2.89. The van der Waals surface area contributed by atoms with E-state index in [2.05, 4.69) is 21.9 Å². The number of carbonyl (C=O) groups excluding carboxylic acids is 1. The van der Waals surface area contributed by atoms with Crippen LogP contribution in [0, 0.1) is 0 Å². The van der Waals surface area contributed by atoms with E-state index in [4.69, 9.17) is 0 Å². The minimum atomic E-state index is -0.252. The van der Waals surface area contributed by atoms with E-state index >= 15 is 0 Å². The van der Waals surface area contributed by atoms with Gasteiger partial charge in [0.1, 0.15) is 0 Å². The maximum Gasteiger partial charge on any atom is 0.282 e. The summed E-state index contributed by atoms with van der Waals surface area (Å²) in [4.78, 5) is 19.3. The van der Waals surface area contributed by atoms with Gasteiger partial charge in [0, 0.05) is 17.5 Å². The van der Waals surface area contributed by atoms with Gasteiger partial charge in [0.15, 0.2) is 10.8 Å². The van der Waals surface area contributed by atoms with Gasteiger partial charge in [-0.1, -0.05) is 72.0 Å². The number of thiazole rings is 1. The third-order valence-electron chi connectivity index (χ3n) is 4.29. The van der Waals surface area contributed by atoms with E-state index in [0.717, 1.165) is 16.8 Å². The van der Waals surface area contributed by atoms with Gasteiger partial charge in [0.25, 0.3) is 5.91 Å². The van der Waals surface area contributed by atoms with Crippen molar-refractivity contribution in [1.29, 1.82) is 0 Å². The maximum absolute atomic E-state index is 13.1. The number of hydrogen-bond donors (Lipinski definition) is 0. The first kappa shape index (κ1) is 18.8. The Morgan fingerprint density at radius 2 is 1.83 bits per heavy atom. The fourth-order valence-corrected chi connectivity index (χ4v) is 3.73. The highest BCUT2D eigenvalue weighted by atomic mass is 32.1. The van der Waals surface area contributed by atoms with Gasteiger partial charge in [-0.25, -0.2) is 9.67 Å². The number of hydrogen-bond acceptors (Lipinski definition) is 5. The molecule has 0 radical (unpaired) electrons. The molecule has 0 saturated carbocycles. The quantitative estimate of drug-likeness (QED) is 0.434. The Morgan fingerprint density at radius 1 is 1.10 bits per heavy atom. The van der Waals surface area contributed by atoms with Crippen molar-refractivity contribution < 1.29 is 4.79 Å². The van der Waals surface area contributed by atoms with E-state index < -0.39 is 0 Å². The van der Waals surface area contributed by atoms with Gasteiger partial charge in [-0.05, 0) is 5.56 Å². The van der Waals surface area contributed by atoms with Crippen LogP contribution in [0.1, 0.15) is 16.1 Å². The Balaban J connectivity index is 1.55. The normalized spacial score (nSPS) is 10.6. The van der Waals surface area contributed by atoms with Crippen LogP contribution < -0.4 is 4.90 Å². The highest BCUT2D eigenvalue weighted by Gasteiger charge is 2.22. The molecule has 0 aliphatic carbocycles. The van der Waals surface area contributed by atoms with Crippen LogP contribution in [0.5, 0.6) is 0 Å². The Hall–Kier alpha value is -3.58. The van der Waals surface area contributed by atoms with Crippen molar-refractivity contribution >= 4 is 22.4 Å². The van der Waals surface area contributed by atoms with Crippen LogP contribution in [0.2, 0.25) is 0 Å². The molecule has 0 saturated heterocycles. The Bertz CT molecular complexity index is 1100. The van der Waals surface area contributed by atoms with Gasteiger partial charge in [-0.15, -0.1) is 23.0 Å². The van der Waals surface area contributed by atoms with E-state index in [0.29, 0.717) is 18.2 Å². The molecule has 0 atom stereocenters. The first-order chi connectivity index (χ1) is 14.2. The molecule has 0 spiro atoms. The molecule has 2 aromatic heterocycles. The zero-order valence-electron chi connectivity index (χ0n) is 15.7. The van der Waals surface area contributed by atoms with E-state index in [1.807, 2.05) is 66.0 Å². The van der Waals surface area contributed by atoms with Crippen molar-refractivity contribution in [3.05, 3.63) is 96.2 Å². The monoisotopic (exact) mass is 401 g/mol. The summed E-state index contributed by atoms with van der Waals surface area (Å²) in [6.45, 7) is 4.66. The summed E-state index contributed by atoms with van der Waals surface area (Å²) in [7, 11) is 0. The van der Waals surface area contributed by atoms with Crippen molar-refractivity contribution in [2.75, 3.05) is 11.4 Å². The minimum absolute atomic E-state index is 0.252. The highest BCUT2D eigenvalue weighted by molar-refractivity contribution is 7.14. The predicted octanol–water partition coefficient (Wildman–Crippen LogP) is 4.28. The highest BCUT2D eigenvalue weighted by Crippen LogP contribution is 2.28. The SMILES string of the molecule is C=CCN(C(=O)c1cn(Cc2ccccc2)nn1)c1nc(-c2ccccc2)cs1. The van der Waals surface area contributed by atoms with Gasteiger partial charge in [0.2, 0.25) is 0 Å². The first-order valence-electron chi connectivity index (χ1n) is 9.12. The molecule has 4 rings (SSSR count). The lowest BCUT2D eigenvalue weighted by atomic mass is 10.2. The molecule has 2 aromatic carbocycles. The number of nitrogens with zero attached hydrogens (tertiary/aromatic N) is 5. The Morgan fingerprint density at radius 3 is 2.55 bits per heavy atom. The van der Waals surface area contributed by atoms with Crippen molar-refractivity contribution in [3.63, 3.8) is 0 Å². The molecule has 0 fully saturated rings. The lowest BCUT2D eigenvalue weighted by molar-refractivity contribution is 0.0985. The molecule has 0 unspecified atom stereocenters. The largest absolute Gasteiger partial charge is 0.282 e. The van der Waals surface area contributed by atoms with Gasteiger partial charge in [0.05, 0.1) is 18.4 Å². The van der Waals surface area contributed by atoms with Gasteiger partial charge in [-0.3, -0.25) is 9.69 Å². The molecule has 2 heterocycles. The second kappa shape index (κ2) is 8.62. The number of rotatable bonds is 7. The first-order valence-corrected chi connectivity index (χ1v) is 10.0. The van der Waals surface area contributed by atoms with Crippen molar-refractivity contribution in [2.24, 2.45) is 0 Å². The van der Waals surface area contributed by atoms with Crippen LogP contribution in [0.4, 0.5) is 5.13 Å². The molecule has 7 heteroatoms. The number of aromatic nitrogens is 4. The van der Waals surface area contributed by atoms with Crippen LogP contribution in [-0.4, -0.2) is 32.4 Å². The van der Waals surface area contributed by atoms with Crippen LogP contribution in [0.25, 0.3) is 11.3 Å². The predicted molar refractivity (Wildman–Crippen MR) is 115 cm³/mol. The van der Waals surface area contributed by atoms with E-state index in [9.17, 15) is 4.79 Å². The topological polar surface area (TPSA) is 63.9 Å². The molecule has 0 N–H and O–H groups in total. The zero-order valence-corrected chi connectivity index (χ0v) is 16.5. The fraction of sp³-hybridized carbons (Fsp3) is 0.0909. The molecule has 1 amide bonds. The van der Waals surface area contributed by atoms with Crippen molar-refractivity contribution in [3.8, 4) is 11.3 Å². The van der Waals surface area contributed by atoms with E-state index in [1.165, 1.54) is 11.3 Å². The van der Waals surface area contributed by atoms with Crippen molar-refractivity contribution in [1.82, 2.24) is 20.0 Å². The number of anilines is 1. The lowest BCUT2D eigenvalue weighted by Crippen LogP contribution is -2.31. The van der Waals surface area contributed by atoms with Gasteiger partial charge >= 0.3 is 0 Å². The third-order valence-corrected chi connectivity index (χ3v) is 5.16. The lowest BCUT2D eigenvalue weighted by Gasteiger charge is -2.16. The van der Waals surface area contributed by atoms with Crippen LogP contribution in [0.3, 0.4) is 0 Å². The maximum atomic E-state index is 13.1. The third kappa shape index (κ3) is 4.30. The summed E-state index contributed by atoms with van der Waals surface area (Å²) in [5.41, 5.74) is 3.21.